The number of aryl methyl sites for hydroxylation is 1. The Labute approximate surface area is 160 Å². The molecular formula is C20H24N2O4S. The molecule has 0 fully saturated rings. The second kappa shape index (κ2) is 9.78. The van der Waals surface area contributed by atoms with Gasteiger partial charge in [0.05, 0.1) is 12.9 Å². The summed E-state index contributed by atoms with van der Waals surface area (Å²) in [5.41, 5.74) is 2.42. The predicted molar refractivity (Wildman–Crippen MR) is 108 cm³/mol. The first-order valence-corrected chi connectivity index (χ1v) is 10.4. The van der Waals surface area contributed by atoms with Gasteiger partial charge in [0.1, 0.15) is 5.75 Å². The first-order valence-electron chi connectivity index (χ1n) is 8.55. The van der Waals surface area contributed by atoms with Crippen LogP contribution in [0.15, 0.2) is 54.6 Å². The van der Waals surface area contributed by atoms with Crippen LogP contribution in [0.3, 0.4) is 0 Å². The van der Waals surface area contributed by atoms with Crippen molar-refractivity contribution in [2.24, 2.45) is 0 Å². The smallest absolute Gasteiger partial charge is 0.244 e. The maximum absolute atomic E-state index is 11.8. The van der Waals surface area contributed by atoms with Gasteiger partial charge in [-0.05, 0) is 54.8 Å². The molecule has 0 aliphatic heterocycles. The van der Waals surface area contributed by atoms with Crippen LogP contribution in [-0.4, -0.2) is 33.7 Å². The molecule has 2 rings (SSSR count). The minimum atomic E-state index is -3.29. The molecule has 1 amide bonds. The quantitative estimate of drug-likeness (QED) is 0.511. The molecule has 2 N–H and O–H groups in total. The summed E-state index contributed by atoms with van der Waals surface area (Å²) in [5.74, 6) is 0.638. The largest absolute Gasteiger partial charge is 0.494 e. The van der Waals surface area contributed by atoms with E-state index in [0.29, 0.717) is 25.3 Å². The first kappa shape index (κ1) is 20.5. The van der Waals surface area contributed by atoms with Crippen LogP contribution in [0.1, 0.15) is 17.5 Å². The number of carbonyl (C=O) groups excluding carboxylic acids is 1. The van der Waals surface area contributed by atoms with E-state index in [-0.39, 0.29) is 5.91 Å². The fraction of sp³-hybridized carbons (Fsp3) is 0.250. The molecule has 0 aromatic heterocycles. The van der Waals surface area contributed by atoms with Crippen LogP contribution in [-0.2, 0) is 14.8 Å². The number of carbonyl (C=O) groups is 1. The number of amides is 1. The summed E-state index contributed by atoms with van der Waals surface area (Å²) in [4.78, 5) is 11.8. The van der Waals surface area contributed by atoms with Crippen molar-refractivity contribution in [1.29, 1.82) is 0 Å². The number of hydrogen-bond donors (Lipinski definition) is 2. The molecule has 0 radical (unpaired) electrons. The van der Waals surface area contributed by atoms with Gasteiger partial charge >= 0.3 is 0 Å². The van der Waals surface area contributed by atoms with Crippen LogP contribution < -0.4 is 14.8 Å². The maximum atomic E-state index is 11.8. The third-order valence-corrected chi connectivity index (χ3v) is 4.13. The summed E-state index contributed by atoms with van der Waals surface area (Å²) in [6.07, 6.45) is 4.92. The summed E-state index contributed by atoms with van der Waals surface area (Å²) in [6.45, 7) is 3.06. The summed E-state index contributed by atoms with van der Waals surface area (Å²) in [5, 5.41) is 2.80. The molecule has 7 heteroatoms. The second-order valence-electron chi connectivity index (χ2n) is 6.14. The number of hydrogen-bond acceptors (Lipinski definition) is 4. The predicted octanol–water partition coefficient (Wildman–Crippen LogP) is 2.97. The van der Waals surface area contributed by atoms with E-state index in [9.17, 15) is 13.2 Å². The molecule has 2 aromatic carbocycles. The van der Waals surface area contributed by atoms with E-state index in [2.05, 4.69) is 10.0 Å². The molecule has 0 saturated carbocycles. The minimum absolute atomic E-state index is 0.191. The van der Waals surface area contributed by atoms with E-state index in [1.165, 1.54) is 6.08 Å². The van der Waals surface area contributed by atoms with E-state index >= 15 is 0 Å². The number of nitrogens with one attached hydrogen (secondary N) is 2. The minimum Gasteiger partial charge on any atom is -0.494 e. The monoisotopic (exact) mass is 388 g/mol. The number of benzene rings is 2. The van der Waals surface area contributed by atoms with Crippen LogP contribution in [0.25, 0.3) is 6.08 Å². The SMILES string of the molecule is Cc1cccc(OCCCNC(=O)/C=C/c2ccc(NS(C)(=O)=O)cc2)c1. The second-order valence-corrected chi connectivity index (χ2v) is 7.89. The van der Waals surface area contributed by atoms with Crippen molar-refractivity contribution < 1.29 is 17.9 Å². The molecule has 0 saturated heterocycles. The first-order chi connectivity index (χ1) is 12.8. The molecular weight excluding hydrogens is 364 g/mol. The molecule has 144 valence electrons. The lowest BCUT2D eigenvalue weighted by Gasteiger charge is -2.07. The highest BCUT2D eigenvalue weighted by atomic mass is 32.2. The average Bonchev–Trinajstić information content (AvgIpc) is 2.59. The van der Waals surface area contributed by atoms with E-state index in [4.69, 9.17) is 4.74 Å². The molecule has 27 heavy (non-hydrogen) atoms. The van der Waals surface area contributed by atoms with Crippen LogP contribution in [0.4, 0.5) is 5.69 Å². The van der Waals surface area contributed by atoms with Gasteiger partial charge in [0.25, 0.3) is 0 Å². The van der Waals surface area contributed by atoms with Gasteiger partial charge < -0.3 is 10.1 Å². The van der Waals surface area contributed by atoms with Crippen LogP contribution >= 0.6 is 0 Å². The number of sulfonamides is 1. The molecule has 0 unspecified atom stereocenters. The van der Waals surface area contributed by atoms with Gasteiger partial charge in [-0.1, -0.05) is 24.3 Å². The summed E-state index contributed by atoms with van der Waals surface area (Å²) >= 11 is 0. The molecule has 0 aliphatic carbocycles. The Hall–Kier alpha value is -2.80. The van der Waals surface area contributed by atoms with E-state index < -0.39 is 10.0 Å². The zero-order valence-electron chi connectivity index (χ0n) is 15.4. The zero-order chi connectivity index (χ0) is 19.7. The number of rotatable bonds is 9. The Balaban J connectivity index is 1.69. The van der Waals surface area contributed by atoms with Crippen molar-refractivity contribution in [2.45, 2.75) is 13.3 Å². The van der Waals surface area contributed by atoms with Gasteiger partial charge in [0.15, 0.2) is 0 Å². The molecule has 0 atom stereocenters. The Kier molecular flexibility index (Phi) is 7.43. The molecule has 0 heterocycles. The summed E-state index contributed by atoms with van der Waals surface area (Å²) < 4.78 is 30.3. The zero-order valence-corrected chi connectivity index (χ0v) is 16.3. The van der Waals surface area contributed by atoms with Gasteiger partial charge in [-0.25, -0.2) is 8.42 Å². The van der Waals surface area contributed by atoms with Gasteiger partial charge in [0, 0.05) is 18.3 Å². The van der Waals surface area contributed by atoms with Crippen molar-refractivity contribution in [3.8, 4) is 5.75 Å². The normalized spacial score (nSPS) is 11.3. The third-order valence-electron chi connectivity index (χ3n) is 3.52. The maximum Gasteiger partial charge on any atom is 0.244 e. The Morgan fingerprint density at radius 1 is 1.15 bits per heavy atom. The average molecular weight is 388 g/mol. The highest BCUT2D eigenvalue weighted by Crippen LogP contribution is 2.13. The topological polar surface area (TPSA) is 84.5 Å². The van der Waals surface area contributed by atoms with E-state index in [1.54, 1.807) is 30.3 Å². The molecule has 6 nitrogen and oxygen atoms in total. The Morgan fingerprint density at radius 3 is 2.56 bits per heavy atom. The van der Waals surface area contributed by atoms with E-state index in [1.807, 2.05) is 31.2 Å². The summed E-state index contributed by atoms with van der Waals surface area (Å²) in [7, 11) is -3.29. The molecule has 2 aromatic rings. The van der Waals surface area contributed by atoms with Crippen molar-refractivity contribution in [2.75, 3.05) is 24.1 Å². The van der Waals surface area contributed by atoms with Crippen LogP contribution in [0.5, 0.6) is 5.75 Å². The van der Waals surface area contributed by atoms with Crippen LogP contribution in [0.2, 0.25) is 0 Å². The van der Waals surface area contributed by atoms with Gasteiger partial charge in [-0.2, -0.15) is 0 Å². The van der Waals surface area contributed by atoms with Crippen LogP contribution in [0, 0.1) is 6.92 Å². The lowest BCUT2D eigenvalue weighted by atomic mass is 10.2. The molecule has 0 bridgehead atoms. The molecule has 0 aliphatic rings. The van der Waals surface area contributed by atoms with Gasteiger partial charge in [0.2, 0.25) is 15.9 Å². The third kappa shape index (κ3) is 8.42. The van der Waals surface area contributed by atoms with Crippen molar-refractivity contribution in [3.63, 3.8) is 0 Å². The lowest BCUT2D eigenvalue weighted by Crippen LogP contribution is -2.23. The van der Waals surface area contributed by atoms with Gasteiger partial charge in [-0.3, -0.25) is 9.52 Å². The fourth-order valence-electron chi connectivity index (χ4n) is 2.29. The van der Waals surface area contributed by atoms with Crippen molar-refractivity contribution >= 4 is 27.7 Å². The fourth-order valence-corrected chi connectivity index (χ4v) is 2.85. The molecule has 0 spiro atoms. The highest BCUT2D eigenvalue weighted by Gasteiger charge is 2.01. The number of anilines is 1. The standard InChI is InChI=1S/C20H24N2O4S/c1-16-5-3-6-19(15-16)26-14-4-13-21-20(23)12-9-17-7-10-18(11-8-17)22-27(2,24)25/h3,5-12,15,22H,4,13-14H2,1-2H3,(H,21,23)/b12-9+. The Bertz CT molecular complexity index is 890. The van der Waals surface area contributed by atoms with E-state index in [0.717, 1.165) is 23.1 Å². The lowest BCUT2D eigenvalue weighted by molar-refractivity contribution is -0.116. The van der Waals surface area contributed by atoms with Crippen molar-refractivity contribution in [1.82, 2.24) is 5.32 Å². The Morgan fingerprint density at radius 2 is 1.89 bits per heavy atom. The van der Waals surface area contributed by atoms with Gasteiger partial charge in [-0.15, -0.1) is 0 Å². The summed E-state index contributed by atoms with van der Waals surface area (Å²) in [6, 6.07) is 14.6. The highest BCUT2D eigenvalue weighted by molar-refractivity contribution is 7.92. The number of ether oxygens (including phenoxy) is 1. The van der Waals surface area contributed by atoms with Crippen molar-refractivity contribution in [3.05, 3.63) is 65.7 Å².